The number of fused-ring (bicyclic) bond motifs is 1. The van der Waals surface area contributed by atoms with Crippen LogP contribution in [0.25, 0.3) is 11.3 Å². The van der Waals surface area contributed by atoms with Crippen LogP contribution in [0.1, 0.15) is 17.9 Å². The number of benzene rings is 1. The Labute approximate surface area is 112 Å². The third-order valence-corrected chi connectivity index (χ3v) is 3.34. The number of nitrogens with one attached hydrogen (secondary N) is 1. The molecule has 0 amide bonds. The molecule has 4 heteroatoms. The van der Waals surface area contributed by atoms with Crippen LogP contribution in [-0.2, 0) is 12.8 Å². The van der Waals surface area contributed by atoms with E-state index in [0.29, 0.717) is 0 Å². The SMILES string of the molecule is CNCCCc1ncc(-c2ccc3c(c2)CCO3)o1. The van der Waals surface area contributed by atoms with Crippen LogP contribution in [-0.4, -0.2) is 25.2 Å². The van der Waals surface area contributed by atoms with Crippen molar-refractivity contribution in [3.05, 3.63) is 35.9 Å². The maximum atomic E-state index is 5.80. The molecule has 3 rings (SSSR count). The average molecular weight is 258 g/mol. The second kappa shape index (κ2) is 5.45. The van der Waals surface area contributed by atoms with E-state index in [9.17, 15) is 0 Å². The van der Waals surface area contributed by atoms with Crippen molar-refractivity contribution >= 4 is 0 Å². The van der Waals surface area contributed by atoms with Gasteiger partial charge in [0, 0.05) is 18.4 Å². The predicted octanol–water partition coefficient (Wildman–Crippen LogP) is 2.43. The second-order valence-electron chi connectivity index (χ2n) is 4.75. The molecule has 0 bridgehead atoms. The van der Waals surface area contributed by atoms with Gasteiger partial charge in [-0.1, -0.05) is 0 Å². The monoisotopic (exact) mass is 258 g/mol. The topological polar surface area (TPSA) is 47.3 Å². The maximum absolute atomic E-state index is 5.80. The van der Waals surface area contributed by atoms with Crippen LogP contribution in [0, 0.1) is 0 Å². The van der Waals surface area contributed by atoms with Crippen LogP contribution in [0.3, 0.4) is 0 Å². The third kappa shape index (κ3) is 2.63. The van der Waals surface area contributed by atoms with Gasteiger partial charge in [-0.2, -0.15) is 0 Å². The Morgan fingerprint density at radius 2 is 2.32 bits per heavy atom. The van der Waals surface area contributed by atoms with E-state index >= 15 is 0 Å². The zero-order chi connectivity index (χ0) is 13.1. The highest BCUT2D eigenvalue weighted by Crippen LogP contribution is 2.30. The van der Waals surface area contributed by atoms with Gasteiger partial charge >= 0.3 is 0 Å². The first-order valence-corrected chi connectivity index (χ1v) is 6.72. The summed E-state index contributed by atoms with van der Waals surface area (Å²) in [7, 11) is 1.95. The normalized spacial score (nSPS) is 13.3. The minimum Gasteiger partial charge on any atom is -0.493 e. The van der Waals surface area contributed by atoms with Crippen molar-refractivity contribution in [3.8, 4) is 17.1 Å². The zero-order valence-electron chi connectivity index (χ0n) is 11.1. The van der Waals surface area contributed by atoms with Crippen LogP contribution in [0.2, 0.25) is 0 Å². The summed E-state index contributed by atoms with van der Waals surface area (Å²) in [5.41, 5.74) is 2.34. The van der Waals surface area contributed by atoms with Crippen LogP contribution in [0.15, 0.2) is 28.8 Å². The van der Waals surface area contributed by atoms with E-state index in [2.05, 4.69) is 16.4 Å². The Morgan fingerprint density at radius 1 is 1.37 bits per heavy atom. The quantitative estimate of drug-likeness (QED) is 0.837. The van der Waals surface area contributed by atoms with E-state index in [4.69, 9.17) is 9.15 Å². The van der Waals surface area contributed by atoms with Crippen LogP contribution in [0.4, 0.5) is 0 Å². The summed E-state index contributed by atoms with van der Waals surface area (Å²) in [5.74, 6) is 2.65. The lowest BCUT2D eigenvalue weighted by molar-refractivity contribution is 0.357. The zero-order valence-corrected chi connectivity index (χ0v) is 11.1. The van der Waals surface area contributed by atoms with Gasteiger partial charge in [0.1, 0.15) is 5.75 Å². The third-order valence-electron chi connectivity index (χ3n) is 3.34. The van der Waals surface area contributed by atoms with Crippen LogP contribution < -0.4 is 10.1 Å². The van der Waals surface area contributed by atoms with Gasteiger partial charge in [-0.15, -0.1) is 0 Å². The molecule has 100 valence electrons. The van der Waals surface area contributed by atoms with Crippen LogP contribution >= 0.6 is 0 Å². The van der Waals surface area contributed by atoms with E-state index < -0.39 is 0 Å². The first-order valence-electron chi connectivity index (χ1n) is 6.72. The summed E-state index contributed by atoms with van der Waals surface area (Å²) in [6, 6.07) is 6.18. The number of rotatable bonds is 5. The molecule has 19 heavy (non-hydrogen) atoms. The molecule has 0 saturated heterocycles. The van der Waals surface area contributed by atoms with Gasteiger partial charge in [0.15, 0.2) is 11.7 Å². The summed E-state index contributed by atoms with van der Waals surface area (Å²) >= 11 is 0. The first kappa shape index (κ1) is 12.2. The number of nitrogens with zero attached hydrogens (tertiary/aromatic N) is 1. The Morgan fingerprint density at radius 3 is 3.21 bits per heavy atom. The summed E-state index contributed by atoms with van der Waals surface area (Å²) in [6.45, 7) is 1.76. The molecule has 0 fully saturated rings. The van der Waals surface area contributed by atoms with Crippen molar-refractivity contribution in [3.63, 3.8) is 0 Å². The summed E-state index contributed by atoms with van der Waals surface area (Å²) in [4.78, 5) is 4.33. The van der Waals surface area contributed by atoms with Gasteiger partial charge < -0.3 is 14.5 Å². The number of hydrogen-bond acceptors (Lipinski definition) is 4. The van der Waals surface area contributed by atoms with Gasteiger partial charge in [-0.25, -0.2) is 4.98 Å². The van der Waals surface area contributed by atoms with Crippen molar-refractivity contribution < 1.29 is 9.15 Å². The number of aryl methyl sites for hydroxylation is 1. The summed E-state index contributed by atoms with van der Waals surface area (Å²) < 4.78 is 11.3. The fourth-order valence-corrected chi connectivity index (χ4v) is 2.32. The Bertz CT molecular complexity index is 563. The van der Waals surface area contributed by atoms with Crippen molar-refractivity contribution in [1.82, 2.24) is 10.3 Å². The van der Waals surface area contributed by atoms with Gasteiger partial charge in [-0.05, 0) is 43.8 Å². The smallest absolute Gasteiger partial charge is 0.194 e. The highest BCUT2D eigenvalue weighted by molar-refractivity contribution is 5.60. The molecule has 2 aromatic rings. The Hall–Kier alpha value is -1.81. The molecule has 0 aliphatic carbocycles. The highest BCUT2D eigenvalue weighted by Gasteiger charge is 2.14. The number of oxazole rings is 1. The van der Waals surface area contributed by atoms with Gasteiger partial charge in [0.05, 0.1) is 12.8 Å². The summed E-state index contributed by atoms with van der Waals surface area (Å²) in [5, 5.41) is 3.12. The molecule has 0 saturated carbocycles. The number of hydrogen-bond donors (Lipinski definition) is 1. The molecule has 0 unspecified atom stereocenters. The van der Waals surface area contributed by atoms with Crippen molar-refractivity contribution in [2.45, 2.75) is 19.3 Å². The van der Waals surface area contributed by atoms with E-state index in [1.807, 2.05) is 25.4 Å². The fraction of sp³-hybridized carbons (Fsp3) is 0.400. The van der Waals surface area contributed by atoms with E-state index in [0.717, 1.165) is 55.4 Å². The van der Waals surface area contributed by atoms with Gasteiger partial charge in [-0.3, -0.25) is 0 Å². The van der Waals surface area contributed by atoms with E-state index in [-0.39, 0.29) is 0 Å². The predicted molar refractivity (Wildman–Crippen MR) is 73.4 cm³/mol. The van der Waals surface area contributed by atoms with Crippen molar-refractivity contribution in [2.75, 3.05) is 20.2 Å². The molecule has 1 aliphatic heterocycles. The largest absolute Gasteiger partial charge is 0.493 e. The minimum absolute atomic E-state index is 0.782. The maximum Gasteiger partial charge on any atom is 0.194 e. The first-order chi connectivity index (χ1) is 9.36. The molecular weight excluding hydrogens is 240 g/mol. The molecule has 1 aliphatic rings. The van der Waals surface area contributed by atoms with E-state index in [1.54, 1.807) is 0 Å². The number of ether oxygens (including phenoxy) is 1. The molecule has 1 aromatic heterocycles. The fourth-order valence-electron chi connectivity index (χ4n) is 2.32. The average Bonchev–Trinajstić information content (AvgIpc) is 3.06. The number of aromatic nitrogens is 1. The Balaban J connectivity index is 1.75. The molecule has 0 spiro atoms. The highest BCUT2D eigenvalue weighted by atomic mass is 16.5. The molecule has 2 heterocycles. The molecule has 0 radical (unpaired) electrons. The van der Waals surface area contributed by atoms with Crippen molar-refractivity contribution in [1.29, 1.82) is 0 Å². The van der Waals surface area contributed by atoms with Crippen LogP contribution in [0.5, 0.6) is 5.75 Å². The van der Waals surface area contributed by atoms with Crippen molar-refractivity contribution in [2.24, 2.45) is 0 Å². The minimum atomic E-state index is 0.782. The van der Waals surface area contributed by atoms with E-state index in [1.165, 1.54) is 5.56 Å². The van der Waals surface area contributed by atoms with Gasteiger partial charge in [0.25, 0.3) is 0 Å². The molecule has 0 atom stereocenters. The lowest BCUT2D eigenvalue weighted by Crippen LogP contribution is -2.08. The lowest BCUT2D eigenvalue weighted by Gasteiger charge is -2.01. The lowest BCUT2D eigenvalue weighted by atomic mass is 10.1. The second-order valence-corrected chi connectivity index (χ2v) is 4.75. The molecule has 1 N–H and O–H groups in total. The molecule has 4 nitrogen and oxygen atoms in total. The molecule has 1 aromatic carbocycles. The molecular formula is C15H18N2O2. The summed E-state index contributed by atoms with van der Waals surface area (Å²) in [6.07, 6.45) is 4.70. The van der Waals surface area contributed by atoms with Gasteiger partial charge in [0.2, 0.25) is 0 Å². The standard InChI is InChI=1S/C15H18N2O2/c1-16-7-2-3-15-17-10-14(19-15)11-4-5-13-12(9-11)6-8-18-13/h4-5,9-10,16H,2-3,6-8H2,1H3. The Kier molecular flexibility index (Phi) is 3.51.